The Balaban J connectivity index is 0.00000261. The molecule has 2 aliphatic rings. The van der Waals surface area contributed by atoms with Crippen molar-refractivity contribution >= 4 is 34.0 Å². The first kappa shape index (κ1) is 22.1. The van der Waals surface area contributed by atoms with Crippen LogP contribution >= 0.6 is 12.4 Å². The van der Waals surface area contributed by atoms with Crippen molar-refractivity contribution in [2.75, 3.05) is 44.8 Å². The molecule has 2 aliphatic heterocycles. The molecule has 1 amide bonds. The monoisotopic (exact) mass is 417 g/mol. The van der Waals surface area contributed by atoms with Gasteiger partial charge in [0, 0.05) is 25.9 Å². The van der Waals surface area contributed by atoms with Gasteiger partial charge in [-0.2, -0.15) is 0 Å². The van der Waals surface area contributed by atoms with Crippen molar-refractivity contribution in [3.05, 3.63) is 23.8 Å². The highest BCUT2D eigenvalue weighted by atomic mass is 35.5. The summed E-state index contributed by atoms with van der Waals surface area (Å²) < 4.78 is 32.6. The van der Waals surface area contributed by atoms with Gasteiger partial charge in [0.15, 0.2) is 0 Å². The first-order chi connectivity index (χ1) is 12.4. The quantitative estimate of drug-likeness (QED) is 0.728. The molecule has 1 saturated heterocycles. The molecule has 0 unspecified atom stereocenters. The molecule has 0 aliphatic carbocycles. The van der Waals surface area contributed by atoms with Crippen LogP contribution in [0.1, 0.15) is 25.3 Å². The number of hydrogen-bond acceptors (Lipinski definition) is 5. The zero-order valence-electron chi connectivity index (χ0n) is 15.8. The van der Waals surface area contributed by atoms with E-state index in [0.717, 1.165) is 37.9 Å². The minimum atomic E-state index is -3.55. The van der Waals surface area contributed by atoms with Gasteiger partial charge in [0.2, 0.25) is 15.9 Å². The van der Waals surface area contributed by atoms with E-state index in [0.29, 0.717) is 25.4 Å². The fourth-order valence-corrected chi connectivity index (χ4v) is 4.96. The molecule has 0 saturated carbocycles. The number of ether oxygens (including phenoxy) is 1. The summed E-state index contributed by atoms with van der Waals surface area (Å²) in [6.45, 7) is 4.60. The number of nitrogens with one attached hydrogen (secondary N) is 2. The van der Waals surface area contributed by atoms with Gasteiger partial charge in [-0.15, -0.1) is 12.4 Å². The number of benzene rings is 1. The fourth-order valence-electron chi connectivity index (χ4n) is 3.90. The van der Waals surface area contributed by atoms with Crippen LogP contribution in [0.3, 0.4) is 0 Å². The summed E-state index contributed by atoms with van der Waals surface area (Å²) >= 11 is 0. The van der Waals surface area contributed by atoms with E-state index in [-0.39, 0.29) is 23.2 Å². The smallest absolute Gasteiger partial charge is 0.240 e. The molecule has 2 N–H and O–H groups in total. The molecule has 3 rings (SSSR count). The van der Waals surface area contributed by atoms with Crippen molar-refractivity contribution < 1.29 is 17.9 Å². The number of sulfonamides is 1. The second-order valence-corrected chi connectivity index (χ2v) is 8.73. The van der Waals surface area contributed by atoms with E-state index in [1.807, 2.05) is 6.07 Å². The zero-order valence-corrected chi connectivity index (χ0v) is 17.4. The minimum Gasteiger partial charge on any atom is -0.384 e. The van der Waals surface area contributed by atoms with Crippen molar-refractivity contribution in [3.8, 4) is 0 Å². The molecule has 0 radical (unpaired) electrons. The summed E-state index contributed by atoms with van der Waals surface area (Å²) in [7, 11) is -1.93. The summed E-state index contributed by atoms with van der Waals surface area (Å²) in [5.41, 5.74) is 1.18. The third-order valence-corrected chi connectivity index (χ3v) is 6.82. The number of halogens is 1. The summed E-state index contributed by atoms with van der Waals surface area (Å²) in [4.78, 5) is 15.4. The number of carbonyl (C=O) groups excluding carboxylic acids is 1. The Kier molecular flexibility index (Phi) is 7.27. The van der Waals surface area contributed by atoms with E-state index < -0.39 is 15.4 Å². The van der Waals surface area contributed by atoms with E-state index in [1.165, 1.54) is 0 Å². The average molecular weight is 418 g/mol. The topological polar surface area (TPSA) is 87.7 Å². The Bertz CT molecular complexity index is 773. The standard InChI is InChI=1S/C18H27N3O4S.ClH/c1-3-20-26(23,24)15-5-4-14-6-11-21(16(14)12-15)17(22)18(13-25-2)7-9-19-10-8-18;/h4-5,12,19-20H,3,6-11,13H2,1-2H3;1H. The zero-order chi connectivity index (χ0) is 18.8. The van der Waals surface area contributed by atoms with E-state index in [1.54, 1.807) is 31.1 Å². The maximum Gasteiger partial charge on any atom is 0.240 e. The van der Waals surface area contributed by atoms with Gasteiger partial charge in [0.1, 0.15) is 0 Å². The predicted molar refractivity (Wildman–Crippen MR) is 107 cm³/mol. The number of carbonyl (C=O) groups is 1. The lowest BCUT2D eigenvalue weighted by molar-refractivity contribution is -0.133. The lowest BCUT2D eigenvalue weighted by Gasteiger charge is -2.38. The minimum absolute atomic E-state index is 0. The van der Waals surface area contributed by atoms with Crippen molar-refractivity contribution in [2.24, 2.45) is 5.41 Å². The highest BCUT2D eigenvalue weighted by molar-refractivity contribution is 7.89. The Labute approximate surface area is 167 Å². The summed E-state index contributed by atoms with van der Waals surface area (Å²) in [6.07, 6.45) is 2.19. The molecule has 0 spiro atoms. The molecule has 2 heterocycles. The molecular formula is C18H28ClN3O4S. The Morgan fingerprint density at radius 3 is 2.67 bits per heavy atom. The molecule has 0 aromatic heterocycles. The molecule has 27 heavy (non-hydrogen) atoms. The summed E-state index contributed by atoms with van der Waals surface area (Å²) in [6, 6.07) is 5.05. The number of fused-ring (bicyclic) bond motifs is 1. The highest BCUT2D eigenvalue weighted by Crippen LogP contribution is 2.38. The summed E-state index contributed by atoms with van der Waals surface area (Å²) in [5.74, 6) is 0.0394. The average Bonchev–Trinajstić information content (AvgIpc) is 3.05. The van der Waals surface area contributed by atoms with E-state index in [4.69, 9.17) is 4.74 Å². The first-order valence-corrected chi connectivity index (χ1v) is 10.6. The van der Waals surface area contributed by atoms with Crippen LogP contribution < -0.4 is 14.9 Å². The molecular weight excluding hydrogens is 390 g/mol. The first-order valence-electron chi connectivity index (χ1n) is 9.08. The number of amides is 1. The maximum atomic E-state index is 13.4. The lowest BCUT2D eigenvalue weighted by atomic mass is 9.78. The van der Waals surface area contributed by atoms with Crippen LogP contribution in [0, 0.1) is 5.41 Å². The largest absolute Gasteiger partial charge is 0.384 e. The second kappa shape index (κ2) is 8.87. The van der Waals surface area contributed by atoms with Gasteiger partial charge in [-0.25, -0.2) is 13.1 Å². The third kappa shape index (κ3) is 4.30. The Hall–Kier alpha value is -1.19. The van der Waals surface area contributed by atoms with Crippen LogP contribution in [0.2, 0.25) is 0 Å². The fraction of sp³-hybridized carbons (Fsp3) is 0.611. The Morgan fingerprint density at radius 1 is 1.33 bits per heavy atom. The van der Waals surface area contributed by atoms with Gasteiger partial charge in [-0.05, 0) is 50.0 Å². The lowest BCUT2D eigenvalue weighted by Crippen LogP contribution is -2.51. The van der Waals surface area contributed by atoms with Gasteiger partial charge in [0.05, 0.1) is 16.9 Å². The molecule has 0 atom stereocenters. The SMILES string of the molecule is CCNS(=O)(=O)c1ccc2c(c1)N(C(=O)C1(COC)CCNCC1)CC2.Cl. The normalized spacial score (nSPS) is 18.7. The summed E-state index contributed by atoms with van der Waals surface area (Å²) in [5, 5.41) is 3.29. The predicted octanol–water partition coefficient (Wildman–Crippen LogP) is 1.31. The molecule has 1 aromatic rings. The highest BCUT2D eigenvalue weighted by Gasteiger charge is 2.44. The number of hydrogen-bond donors (Lipinski definition) is 2. The number of rotatable bonds is 6. The van der Waals surface area contributed by atoms with Crippen molar-refractivity contribution in [1.29, 1.82) is 0 Å². The van der Waals surface area contributed by atoms with E-state index in [9.17, 15) is 13.2 Å². The molecule has 1 fully saturated rings. The molecule has 152 valence electrons. The molecule has 0 bridgehead atoms. The number of methoxy groups -OCH3 is 1. The van der Waals surface area contributed by atoms with Gasteiger partial charge in [-0.3, -0.25) is 4.79 Å². The number of nitrogens with zero attached hydrogens (tertiary/aromatic N) is 1. The van der Waals surface area contributed by atoms with Crippen LogP contribution in [0.4, 0.5) is 5.69 Å². The Morgan fingerprint density at radius 2 is 2.04 bits per heavy atom. The van der Waals surface area contributed by atoms with Crippen LogP contribution in [0.5, 0.6) is 0 Å². The van der Waals surface area contributed by atoms with Crippen molar-refractivity contribution in [2.45, 2.75) is 31.1 Å². The van der Waals surface area contributed by atoms with Crippen LogP contribution in [0.15, 0.2) is 23.1 Å². The van der Waals surface area contributed by atoms with Crippen molar-refractivity contribution in [1.82, 2.24) is 10.0 Å². The van der Waals surface area contributed by atoms with Crippen LogP contribution in [-0.2, 0) is 26.0 Å². The van der Waals surface area contributed by atoms with Gasteiger partial charge >= 0.3 is 0 Å². The van der Waals surface area contributed by atoms with Gasteiger partial charge in [0.25, 0.3) is 0 Å². The number of piperidine rings is 1. The number of anilines is 1. The van der Waals surface area contributed by atoms with Gasteiger partial charge in [-0.1, -0.05) is 13.0 Å². The third-order valence-electron chi connectivity index (χ3n) is 5.28. The van der Waals surface area contributed by atoms with Crippen LogP contribution in [-0.4, -0.2) is 54.2 Å². The maximum absolute atomic E-state index is 13.4. The van der Waals surface area contributed by atoms with E-state index in [2.05, 4.69) is 10.0 Å². The second-order valence-electron chi connectivity index (χ2n) is 6.96. The molecule has 1 aromatic carbocycles. The van der Waals surface area contributed by atoms with E-state index >= 15 is 0 Å². The van der Waals surface area contributed by atoms with Gasteiger partial charge < -0.3 is 15.0 Å². The molecule has 7 nitrogen and oxygen atoms in total. The van der Waals surface area contributed by atoms with Crippen LogP contribution in [0.25, 0.3) is 0 Å². The van der Waals surface area contributed by atoms with Crippen molar-refractivity contribution in [3.63, 3.8) is 0 Å². The molecule has 9 heteroatoms.